The van der Waals surface area contributed by atoms with Crippen LogP contribution in [0.25, 0.3) is 5.69 Å². The second kappa shape index (κ2) is 6.91. The Hall–Kier alpha value is -2.21. The zero-order valence-electron chi connectivity index (χ0n) is 13.6. The number of benzene rings is 1. The van der Waals surface area contributed by atoms with Gasteiger partial charge in [0.05, 0.1) is 17.9 Å². The molecule has 0 saturated heterocycles. The van der Waals surface area contributed by atoms with Crippen molar-refractivity contribution in [2.24, 2.45) is 5.41 Å². The van der Waals surface area contributed by atoms with E-state index in [4.69, 9.17) is 0 Å². The first-order chi connectivity index (χ1) is 10.8. The third-order valence-electron chi connectivity index (χ3n) is 3.52. The summed E-state index contributed by atoms with van der Waals surface area (Å²) in [7, 11) is 0. The predicted molar refractivity (Wildman–Crippen MR) is 85.9 cm³/mol. The van der Waals surface area contributed by atoms with Gasteiger partial charge in [0.2, 0.25) is 0 Å². The molecule has 0 fully saturated rings. The Bertz CT molecular complexity index is 680. The molecule has 0 aliphatic heterocycles. The van der Waals surface area contributed by atoms with Crippen LogP contribution in [-0.2, 0) is 0 Å². The molecule has 0 aliphatic rings. The molecule has 124 valence electrons. The molecule has 2 N–H and O–H groups in total. The standard InChI is InChI=1S/C17H22FN3O2/c1-12(22)8-17(2,3)11-19-16(23)13-9-20-21(10-13)15-7-5-4-6-14(15)18/h4-7,9-10,12,22H,8,11H2,1-3H3,(H,19,23). The normalized spacial score (nSPS) is 12.9. The van der Waals surface area contributed by atoms with Crippen LogP contribution in [0.1, 0.15) is 37.6 Å². The number of nitrogens with zero attached hydrogens (tertiary/aromatic N) is 2. The number of para-hydroxylation sites is 1. The Morgan fingerprint density at radius 3 is 2.78 bits per heavy atom. The van der Waals surface area contributed by atoms with E-state index in [9.17, 15) is 14.3 Å². The van der Waals surface area contributed by atoms with Crippen LogP contribution >= 0.6 is 0 Å². The SMILES string of the molecule is CC(O)CC(C)(C)CNC(=O)c1cnn(-c2ccccc2F)c1. The van der Waals surface area contributed by atoms with Crippen molar-refractivity contribution in [2.75, 3.05) is 6.54 Å². The van der Waals surface area contributed by atoms with Crippen molar-refractivity contribution in [3.05, 3.63) is 48.0 Å². The number of carbonyl (C=O) groups is 1. The van der Waals surface area contributed by atoms with Gasteiger partial charge < -0.3 is 10.4 Å². The van der Waals surface area contributed by atoms with Gasteiger partial charge in [0.25, 0.3) is 5.91 Å². The Kier molecular flexibility index (Phi) is 5.15. The van der Waals surface area contributed by atoms with Crippen molar-refractivity contribution in [3.63, 3.8) is 0 Å². The molecule has 0 saturated carbocycles. The second-order valence-corrected chi connectivity index (χ2v) is 6.53. The molecule has 1 aromatic heterocycles. The van der Waals surface area contributed by atoms with Gasteiger partial charge in [-0.2, -0.15) is 5.10 Å². The van der Waals surface area contributed by atoms with Crippen molar-refractivity contribution in [2.45, 2.75) is 33.3 Å². The molecule has 1 unspecified atom stereocenters. The molecule has 2 aromatic rings. The number of amides is 1. The van der Waals surface area contributed by atoms with Gasteiger partial charge in [0, 0.05) is 12.7 Å². The topological polar surface area (TPSA) is 67.2 Å². The van der Waals surface area contributed by atoms with Crippen LogP contribution < -0.4 is 5.32 Å². The van der Waals surface area contributed by atoms with Gasteiger partial charge in [-0.05, 0) is 30.9 Å². The highest BCUT2D eigenvalue weighted by Gasteiger charge is 2.22. The highest BCUT2D eigenvalue weighted by molar-refractivity contribution is 5.93. The van der Waals surface area contributed by atoms with E-state index >= 15 is 0 Å². The molecule has 23 heavy (non-hydrogen) atoms. The Morgan fingerprint density at radius 1 is 1.43 bits per heavy atom. The van der Waals surface area contributed by atoms with Crippen molar-refractivity contribution in [1.29, 1.82) is 0 Å². The summed E-state index contributed by atoms with van der Waals surface area (Å²) in [6, 6.07) is 6.24. The molecule has 1 aromatic carbocycles. The molecular formula is C17H22FN3O2. The first-order valence-corrected chi connectivity index (χ1v) is 7.54. The fourth-order valence-electron chi connectivity index (χ4n) is 2.50. The molecule has 1 atom stereocenters. The largest absolute Gasteiger partial charge is 0.393 e. The second-order valence-electron chi connectivity index (χ2n) is 6.53. The van der Waals surface area contributed by atoms with Gasteiger partial charge in [0.15, 0.2) is 0 Å². The van der Waals surface area contributed by atoms with Crippen molar-refractivity contribution in [1.82, 2.24) is 15.1 Å². The van der Waals surface area contributed by atoms with Crippen LogP contribution in [0.5, 0.6) is 0 Å². The lowest BCUT2D eigenvalue weighted by atomic mass is 9.87. The number of aliphatic hydroxyl groups is 1. The van der Waals surface area contributed by atoms with Crippen LogP contribution in [0.2, 0.25) is 0 Å². The van der Waals surface area contributed by atoms with Gasteiger partial charge in [0.1, 0.15) is 11.5 Å². The van der Waals surface area contributed by atoms with Crippen molar-refractivity contribution in [3.8, 4) is 5.69 Å². The zero-order valence-corrected chi connectivity index (χ0v) is 13.6. The van der Waals surface area contributed by atoms with Crippen LogP contribution in [0.3, 0.4) is 0 Å². The van der Waals surface area contributed by atoms with Crippen LogP contribution in [-0.4, -0.2) is 33.4 Å². The summed E-state index contributed by atoms with van der Waals surface area (Å²) in [6.07, 6.45) is 3.06. The molecule has 5 nitrogen and oxygen atoms in total. The van der Waals surface area contributed by atoms with E-state index in [1.807, 2.05) is 13.8 Å². The number of aromatic nitrogens is 2. The molecule has 1 heterocycles. The van der Waals surface area contributed by atoms with E-state index in [1.165, 1.54) is 23.1 Å². The van der Waals surface area contributed by atoms with Gasteiger partial charge in [-0.15, -0.1) is 0 Å². The van der Waals surface area contributed by atoms with E-state index in [-0.39, 0.29) is 11.3 Å². The minimum absolute atomic E-state index is 0.217. The number of rotatable bonds is 6. The Labute approximate surface area is 135 Å². The van der Waals surface area contributed by atoms with Crippen molar-refractivity contribution >= 4 is 5.91 Å². The molecule has 1 amide bonds. The highest BCUT2D eigenvalue weighted by Crippen LogP contribution is 2.21. The van der Waals surface area contributed by atoms with Gasteiger partial charge in [-0.3, -0.25) is 4.79 Å². The monoisotopic (exact) mass is 319 g/mol. The lowest BCUT2D eigenvalue weighted by Crippen LogP contribution is -2.35. The summed E-state index contributed by atoms with van der Waals surface area (Å²) in [5.41, 5.74) is 0.438. The Balaban J connectivity index is 2.03. The third kappa shape index (κ3) is 4.63. The number of hydrogen-bond acceptors (Lipinski definition) is 3. The lowest BCUT2D eigenvalue weighted by molar-refractivity contribution is 0.0902. The summed E-state index contributed by atoms with van der Waals surface area (Å²) in [6.45, 7) is 6.11. The number of aliphatic hydroxyl groups excluding tert-OH is 1. The molecule has 0 aliphatic carbocycles. The van der Waals surface area contributed by atoms with E-state index in [0.717, 1.165) is 0 Å². The average Bonchev–Trinajstić information content (AvgIpc) is 2.93. The molecule has 2 rings (SSSR count). The fourth-order valence-corrected chi connectivity index (χ4v) is 2.50. The highest BCUT2D eigenvalue weighted by atomic mass is 19.1. The van der Waals surface area contributed by atoms with Crippen LogP contribution in [0.15, 0.2) is 36.7 Å². The average molecular weight is 319 g/mol. The lowest BCUT2D eigenvalue weighted by Gasteiger charge is -2.26. The molecule has 0 radical (unpaired) electrons. The van der Waals surface area contributed by atoms with Crippen molar-refractivity contribution < 1.29 is 14.3 Å². The minimum Gasteiger partial charge on any atom is -0.393 e. The first kappa shape index (κ1) is 17.1. The summed E-state index contributed by atoms with van der Waals surface area (Å²) in [4.78, 5) is 12.2. The number of halogens is 1. The zero-order chi connectivity index (χ0) is 17.0. The predicted octanol–water partition coefficient (Wildman–Crippen LogP) is 2.54. The Morgan fingerprint density at radius 2 is 2.13 bits per heavy atom. The summed E-state index contributed by atoms with van der Waals surface area (Å²) < 4.78 is 15.1. The van der Waals surface area contributed by atoms with E-state index in [1.54, 1.807) is 25.1 Å². The summed E-state index contributed by atoms with van der Waals surface area (Å²) in [5, 5.41) is 16.3. The maximum atomic E-state index is 13.7. The smallest absolute Gasteiger partial charge is 0.254 e. The van der Waals surface area contributed by atoms with E-state index in [2.05, 4.69) is 10.4 Å². The van der Waals surface area contributed by atoms with Crippen LogP contribution in [0.4, 0.5) is 4.39 Å². The maximum absolute atomic E-state index is 13.7. The van der Waals surface area contributed by atoms with Gasteiger partial charge in [-0.1, -0.05) is 26.0 Å². The quantitative estimate of drug-likeness (QED) is 0.860. The molecule has 0 bridgehead atoms. The number of nitrogens with one attached hydrogen (secondary N) is 1. The number of carbonyl (C=O) groups excluding carboxylic acids is 1. The first-order valence-electron chi connectivity index (χ1n) is 7.54. The minimum atomic E-state index is -0.425. The third-order valence-corrected chi connectivity index (χ3v) is 3.52. The van der Waals surface area contributed by atoms with Crippen LogP contribution in [0, 0.1) is 11.2 Å². The molecule has 0 spiro atoms. The summed E-state index contributed by atoms with van der Waals surface area (Å²) in [5.74, 6) is -0.674. The van der Waals surface area contributed by atoms with E-state index in [0.29, 0.717) is 24.2 Å². The fraction of sp³-hybridized carbons (Fsp3) is 0.412. The summed E-state index contributed by atoms with van der Waals surface area (Å²) >= 11 is 0. The molecular weight excluding hydrogens is 297 g/mol. The maximum Gasteiger partial charge on any atom is 0.254 e. The molecule has 6 heteroatoms. The van der Waals surface area contributed by atoms with Gasteiger partial charge in [-0.25, -0.2) is 9.07 Å². The van der Waals surface area contributed by atoms with E-state index < -0.39 is 11.9 Å². The number of hydrogen-bond donors (Lipinski definition) is 2. The van der Waals surface area contributed by atoms with Gasteiger partial charge >= 0.3 is 0 Å².